The largest absolute Gasteiger partial charge is 0.358 e. The fourth-order valence-corrected chi connectivity index (χ4v) is 3.48. The van der Waals surface area contributed by atoms with Gasteiger partial charge in [-0.25, -0.2) is 4.39 Å². The second-order valence-corrected chi connectivity index (χ2v) is 6.85. The standard InChI is InChI=1S/C19H17Cl2FN2O/c1-11-16(17-9-15(22)2-3-18(17)24-11)10-19(25)23-5-4-12-6-13(20)8-14(21)7-12/h2-3,6-9,24H,4-5,10H2,1H3,(H,23,25). The Labute approximate surface area is 155 Å². The molecule has 130 valence electrons. The lowest BCUT2D eigenvalue weighted by Crippen LogP contribution is -2.27. The van der Waals surface area contributed by atoms with Gasteiger partial charge in [-0.1, -0.05) is 23.2 Å². The minimum absolute atomic E-state index is 0.110. The molecule has 0 atom stereocenters. The second-order valence-electron chi connectivity index (χ2n) is 5.97. The first-order valence-corrected chi connectivity index (χ1v) is 8.66. The van der Waals surface area contributed by atoms with E-state index in [1.807, 2.05) is 19.1 Å². The molecule has 3 aromatic rings. The number of amides is 1. The van der Waals surface area contributed by atoms with Gasteiger partial charge in [0.15, 0.2) is 0 Å². The van der Waals surface area contributed by atoms with Gasteiger partial charge in [0.05, 0.1) is 6.42 Å². The molecule has 0 saturated heterocycles. The molecule has 2 aromatic carbocycles. The number of aryl methyl sites for hydroxylation is 1. The smallest absolute Gasteiger partial charge is 0.224 e. The topological polar surface area (TPSA) is 44.9 Å². The fraction of sp³-hybridized carbons (Fsp3) is 0.211. The fourth-order valence-electron chi connectivity index (χ4n) is 2.91. The summed E-state index contributed by atoms with van der Waals surface area (Å²) in [5.41, 5.74) is 3.48. The Morgan fingerprint density at radius 2 is 1.88 bits per heavy atom. The summed E-state index contributed by atoms with van der Waals surface area (Å²) in [6, 6.07) is 9.86. The van der Waals surface area contributed by atoms with E-state index >= 15 is 0 Å². The second kappa shape index (κ2) is 7.46. The number of fused-ring (bicyclic) bond motifs is 1. The number of aromatic nitrogens is 1. The molecule has 1 amide bonds. The molecule has 6 heteroatoms. The number of halogens is 3. The van der Waals surface area contributed by atoms with E-state index in [9.17, 15) is 9.18 Å². The summed E-state index contributed by atoms with van der Waals surface area (Å²) in [5, 5.41) is 4.78. The molecule has 0 aliphatic rings. The Kier molecular flexibility index (Phi) is 5.30. The molecule has 0 saturated carbocycles. The quantitative estimate of drug-likeness (QED) is 0.656. The van der Waals surface area contributed by atoms with Crippen LogP contribution in [-0.4, -0.2) is 17.4 Å². The highest BCUT2D eigenvalue weighted by Gasteiger charge is 2.13. The van der Waals surface area contributed by atoms with Gasteiger partial charge >= 0.3 is 0 Å². The molecular weight excluding hydrogens is 362 g/mol. The third-order valence-electron chi connectivity index (χ3n) is 4.08. The number of aromatic amines is 1. The van der Waals surface area contributed by atoms with Crippen LogP contribution in [0.15, 0.2) is 36.4 Å². The molecule has 0 aliphatic carbocycles. The van der Waals surface area contributed by atoms with Crippen molar-refractivity contribution in [3.05, 3.63) is 69.1 Å². The Hall–Kier alpha value is -2.04. The van der Waals surface area contributed by atoms with E-state index in [0.29, 0.717) is 23.0 Å². The minimum Gasteiger partial charge on any atom is -0.358 e. The molecule has 0 aliphatic heterocycles. The monoisotopic (exact) mass is 378 g/mol. The maximum Gasteiger partial charge on any atom is 0.224 e. The number of hydrogen-bond donors (Lipinski definition) is 2. The van der Waals surface area contributed by atoms with Crippen molar-refractivity contribution in [2.75, 3.05) is 6.54 Å². The van der Waals surface area contributed by atoms with E-state index in [0.717, 1.165) is 27.7 Å². The van der Waals surface area contributed by atoms with Crippen LogP contribution >= 0.6 is 23.2 Å². The highest BCUT2D eigenvalue weighted by molar-refractivity contribution is 6.34. The van der Waals surface area contributed by atoms with Gasteiger partial charge < -0.3 is 10.3 Å². The normalized spacial score (nSPS) is 11.0. The maximum atomic E-state index is 13.5. The van der Waals surface area contributed by atoms with Crippen molar-refractivity contribution in [1.82, 2.24) is 10.3 Å². The van der Waals surface area contributed by atoms with E-state index in [2.05, 4.69) is 10.3 Å². The summed E-state index contributed by atoms with van der Waals surface area (Å²) < 4.78 is 13.5. The summed E-state index contributed by atoms with van der Waals surface area (Å²) in [6.45, 7) is 2.36. The first kappa shape index (κ1) is 17.8. The van der Waals surface area contributed by atoms with Crippen LogP contribution < -0.4 is 5.32 Å². The van der Waals surface area contributed by atoms with Crippen molar-refractivity contribution in [2.45, 2.75) is 19.8 Å². The number of benzene rings is 2. The van der Waals surface area contributed by atoms with E-state index in [1.54, 1.807) is 12.1 Å². The Bertz CT molecular complexity index is 916. The summed E-state index contributed by atoms with van der Waals surface area (Å²) >= 11 is 11.9. The summed E-state index contributed by atoms with van der Waals surface area (Å²) in [7, 11) is 0. The highest BCUT2D eigenvalue weighted by Crippen LogP contribution is 2.23. The van der Waals surface area contributed by atoms with Gasteiger partial charge in [0.2, 0.25) is 5.91 Å². The van der Waals surface area contributed by atoms with Crippen molar-refractivity contribution in [3.8, 4) is 0 Å². The zero-order chi connectivity index (χ0) is 18.0. The van der Waals surface area contributed by atoms with Gasteiger partial charge in [0, 0.05) is 33.2 Å². The SMILES string of the molecule is Cc1[nH]c2ccc(F)cc2c1CC(=O)NCCc1cc(Cl)cc(Cl)c1. The van der Waals surface area contributed by atoms with Gasteiger partial charge in [-0.05, 0) is 60.9 Å². The van der Waals surface area contributed by atoms with Gasteiger partial charge in [0.1, 0.15) is 5.82 Å². The lowest BCUT2D eigenvalue weighted by atomic mass is 10.1. The zero-order valence-electron chi connectivity index (χ0n) is 13.6. The number of carbonyl (C=O) groups is 1. The van der Waals surface area contributed by atoms with E-state index in [4.69, 9.17) is 23.2 Å². The van der Waals surface area contributed by atoms with Gasteiger partial charge in [0.25, 0.3) is 0 Å². The Balaban J connectivity index is 1.63. The molecule has 0 unspecified atom stereocenters. The van der Waals surface area contributed by atoms with Crippen molar-refractivity contribution in [2.24, 2.45) is 0 Å². The lowest BCUT2D eigenvalue weighted by Gasteiger charge is -2.07. The predicted octanol–water partition coefficient (Wildman–Crippen LogP) is 4.82. The Morgan fingerprint density at radius 3 is 2.60 bits per heavy atom. The lowest BCUT2D eigenvalue weighted by molar-refractivity contribution is -0.120. The van der Waals surface area contributed by atoms with Crippen LogP contribution in [0.5, 0.6) is 0 Å². The molecular formula is C19H17Cl2FN2O. The van der Waals surface area contributed by atoms with Gasteiger partial charge in [-0.3, -0.25) is 4.79 Å². The van der Waals surface area contributed by atoms with E-state index in [-0.39, 0.29) is 18.1 Å². The van der Waals surface area contributed by atoms with Crippen LogP contribution in [0.25, 0.3) is 10.9 Å². The molecule has 25 heavy (non-hydrogen) atoms. The highest BCUT2D eigenvalue weighted by atomic mass is 35.5. The molecule has 0 fully saturated rings. The summed E-state index contributed by atoms with van der Waals surface area (Å²) in [5.74, 6) is -0.424. The van der Waals surface area contributed by atoms with Crippen molar-refractivity contribution in [3.63, 3.8) is 0 Å². The number of H-pyrrole nitrogens is 1. The molecule has 2 N–H and O–H groups in total. The number of rotatable bonds is 5. The summed E-state index contributed by atoms with van der Waals surface area (Å²) in [6.07, 6.45) is 0.832. The molecule has 0 spiro atoms. The minimum atomic E-state index is -0.314. The third kappa shape index (κ3) is 4.33. The first-order chi connectivity index (χ1) is 11.9. The van der Waals surface area contributed by atoms with E-state index in [1.165, 1.54) is 12.1 Å². The number of carbonyl (C=O) groups excluding carboxylic acids is 1. The van der Waals surface area contributed by atoms with Crippen molar-refractivity contribution in [1.29, 1.82) is 0 Å². The van der Waals surface area contributed by atoms with E-state index < -0.39 is 0 Å². The number of hydrogen-bond acceptors (Lipinski definition) is 1. The third-order valence-corrected chi connectivity index (χ3v) is 4.51. The van der Waals surface area contributed by atoms with Crippen molar-refractivity contribution < 1.29 is 9.18 Å². The summed E-state index contributed by atoms with van der Waals surface area (Å²) in [4.78, 5) is 15.4. The Morgan fingerprint density at radius 1 is 1.16 bits per heavy atom. The average molecular weight is 379 g/mol. The average Bonchev–Trinajstić information content (AvgIpc) is 2.82. The molecule has 1 aromatic heterocycles. The van der Waals surface area contributed by atoms with Gasteiger partial charge in [-0.15, -0.1) is 0 Å². The van der Waals surface area contributed by atoms with Crippen LogP contribution in [0.2, 0.25) is 10.0 Å². The first-order valence-electron chi connectivity index (χ1n) is 7.91. The van der Waals surface area contributed by atoms with Gasteiger partial charge in [-0.2, -0.15) is 0 Å². The van der Waals surface area contributed by atoms with Crippen LogP contribution in [0.4, 0.5) is 4.39 Å². The maximum absolute atomic E-state index is 13.5. The van der Waals surface area contributed by atoms with Crippen LogP contribution in [-0.2, 0) is 17.6 Å². The zero-order valence-corrected chi connectivity index (χ0v) is 15.1. The predicted molar refractivity (Wildman–Crippen MR) is 99.9 cm³/mol. The van der Waals surface area contributed by atoms with Crippen LogP contribution in [0, 0.1) is 12.7 Å². The van der Waals surface area contributed by atoms with Crippen LogP contribution in [0.3, 0.4) is 0 Å². The molecule has 0 bridgehead atoms. The molecule has 1 heterocycles. The molecule has 0 radical (unpaired) electrons. The molecule has 3 nitrogen and oxygen atoms in total. The molecule has 3 rings (SSSR count). The number of nitrogens with one attached hydrogen (secondary N) is 2. The van der Waals surface area contributed by atoms with Crippen molar-refractivity contribution >= 4 is 40.0 Å². The van der Waals surface area contributed by atoms with Crippen LogP contribution in [0.1, 0.15) is 16.8 Å².